The van der Waals surface area contributed by atoms with Crippen molar-refractivity contribution < 1.29 is 0 Å². The topological polar surface area (TPSA) is 48.0 Å². The second-order valence-electron chi connectivity index (χ2n) is 4.36. The molecule has 0 aliphatic rings. The first-order valence-corrected chi connectivity index (χ1v) is 5.79. The number of nitrogens with zero attached hydrogens (tertiary/aromatic N) is 5. The molecule has 0 fully saturated rings. The third kappa shape index (κ3) is 1.28. The lowest BCUT2D eigenvalue weighted by Gasteiger charge is -2.03. The Morgan fingerprint density at radius 1 is 1.24 bits per heavy atom. The van der Waals surface area contributed by atoms with Crippen molar-refractivity contribution >= 4 is 16.7 Å². The van der Waals surface area contributed by atoms with E-state index in [2.05, 4.69) is 21.4 Å². The smallest absolute Gasteiger partial charge is 0.166 e. The third-order valence-corrected chi connectivity index (χ3v) is 3.06. The van der Waals surface area contributed by atoms with Gasteiger partial charge in [-0.05, 0) is 13.8 Å². The normalized spacial score (nSPS) is 11.8. The van der Waals surface area contributed by atoms with E-state index in [1.165, 1.54) is 0 Å². The number of aryl methyl sites for hydroxylation is 4. The van der Waals surface area contributed by atoms with Crippen LogP contribution in [-0.4, -0.2) is 24.1 Å². The standard InChI is InChI=1S/C12H15N5/c1-5-9-14-10-8(3)15-16(4)11(10)12-13-7(2)6-17(9)12/h6H,5H2,1-4H3. The number of hydrogen-bond acceptors (Lipinski definition) is 3. The highest BCUT2D eigenvalue weighted by atomic mass is 15.3. The number of hydrogen-bond donors (Lipinski definition) is 0. The van der Waals surface area contributed by atoms with Gasteiger partial charge in [-0.2, -0.15) is 5.10 Å². The summed E-state index contributed by atoms with van der Waals surface area (Å²) in [4.78, 5) is 9.28. The summed E-state index contributed by atoms with van der Waals surface area (Å²) in [6, 6.07) is 0. The lowest BCUT2D eigenvalue weighted by molar-refractivity contribution is 0.782. The molecule has 0 amide bonds. The Balaban J connectivity index is 2.61. The number of fused-ring (bicyclic) bond motifs is 3. The average Bonchev–Trinajstić information content (AvgIpc) is 2.78. The molecule has 3 aromatic rings. The van der Waals surface area contributed by atoms with Gasteiger partial charge in [0.25, 0.3) is 0 Å². The van der Waals surface area contributed by atoms with Gasteiger partial charge in [-0.15, -0.1) is 0 Å². The SMILES string of the molecule is CCc1nc2c(C)nn(C)c2c2nc(C)cn12. The van der Waals surface area contributed by atoms with Crippen LogP contribution in [-0.2, 0) is 13.5 Å². The molecule has 0 aromatic carbocycles. The van der Waals surface area contributed by atoms with Gasteiger partial charge in [-0.25, -0.2) is 9.97 Å². The molecule has 0 saturated heterocycles. The van der Waals surface area contributed by atoms with Crippen LogP contribution in [0.15, 0.2) is 6.20 Å². The Hall–Kier alpha value is -1.91. The maximum atomic E-state index is 4.70. The van der Waals surface area contributed by atoms with Gasteiger partial charge < -0.3 is 0 Å². The maximum Gasteiger partial charge on any atom is 0.166 e. The first-order chi connectivity index (χ1) is 8.11. The molecular weight excluding hydrogens is 214 g/mol. The monoisotopic (exact) mass is 229 g/mol. The average molecular weight is 229 g/mol. The van der Waals surface area contributed by atoms with Gasteiger partial charge in [0.2, 0.25) is 0 Å². The van der Waals surface area contributed by atoms with Crippen LogP contribution in [0.2, 0.25) is 0 Å². The Morgan fingerprint density at radius 3 is 2.71 bits per heavy atom. The van der Waals surface area contributed by atoms with Crippen LogP contribution in [0.5, 0.6) is 0 Å². The fourth-order valence-corrected chi connectivity index (χ4v) is 2.33. The molecule has 17 heavy (non-hydrogen) atoms. The van der Waals surface area contributed by atoms with Crippen molar-refractivity contribution in [3.63, 3.8) is 0 Å². The minimum absolute atomic E-state index is 0.885. The van der Waals surface area contributed by atoms with Crippen LogP contribution in [0, 0.1) is 13.8 Å². The molecule has 0 bridgehead atoms. The molecule has 0 saturated carbocycles. The van der Waals surface area contributed by atoms with Gasteiger partial charge in [0, 0.05) is 19.7 Å². The maximum absolute atomic E-state index is 4.70. The second kappa shape index (κ2) is 3.29. The fraction of sp³-hybridized carbons (Fsp3) is 0.417. The minimum Gasteiger partial charge on any atom is -0.286 e. The Kier molecular flexibility index (Phi) is 1.98. The van der Waals surface area contributed by atoms with Gasteiger partial charge in [-0.1, -0.05) is 6.92 Å². The minimum atomic E-state index is 0.885. The quantitative estimate of drug-likeness (QED) is 0.639. The molecule has 0 atom stereocenters. The summed E-state index contributed by atoms with van der Waals surface area (Å²) in [5.41, 5.74) is 4.89. The molecule has 0 radical (unpaired) electrons. The summed E-state index contributed by atoms with van der Waals surface area (Å²) in [6.45, 7) is 6.09. The van der Waals surface area contributed by atoms with E-state index < -0.39 is 0 Å². The first-order valence-electron chi connectivity index (χ1n) is 5.79. The van der Waals surface area contributed by atoms with Crippen molar-refractivity contribution in [2.75, 3.05) is 0 Å². The van der Waals surface area contributed by atoms with E-state index in [4.69, 9.17) is 4.98 Å². The number of rotatable bonds is 1. The Labute approximate surface area is 99.1 Å². The van der Waals surface area contributed by atoms with Crippen molar-refractivity contribution in [3.8, 4) is 0 Å². The summed E-state index contributed by atoms with van der Waals surface area (Å²) in [5, 5.41) is 4.43. The number of aromatic nitrogens is 5. The highest BCUT2D eigenvalue weighted by molar-refractivity contribution is 5.89. The molecule has 3 rings (SSSR count). The highest BCUT2D eigenvalue weighted by Crippen LogP contribution is 2.21. The first kappa shape index (κ1) is 10.3. The molecule has 0 aliphatic heterocycles. The zero-order valence-electron chi connectivity index (χ0n) is 10.5. The fourth-order valence-electron chi connectivity index (χ4n) is 2.33. The zero-order valence-corrected chi connectivity index (χ0v) is 10.5. The molecular formula is C12H15N5. The van der Waals surface area contributed by atoms with Gasteiger partial charge in [-0.3, -0.25) is 9.08 Å². The Bertz CT molecular complexity index is 719. The van der Waals surface area contributed by atoms with E-state index in [0.29, 0.717) is 0 Å². The molecule has 0 unspecified atom stereocenters. The molecule has 3 heterocycles. The van der Waals surface area contributed by atoms with Gasteiger partial charge in [0.15, 0.2) is 5.65 Å². The molecule has 88 valence electrons. The van der Waals surface area contributed by atoms with Crippen molar-refractivity contribution in [1.29, 1.82) is 0 Å². The van der Waals surface area contributed by atoms with E-state index in [0.717, 1.165) is 40.3 Å². The Morgan fingerprint density at radius 2 is 2.00 bits per heavy atom. The summed E-state index contributed by atoms with van der Waals surface area (Å²) < 4.78 is 3.93. The highest BCUT2D eigenvalue weighted by Gasteiger charge is 2.15. The largest absolute Gasteiger partial charge is 0.286 e. The lowest BCUT2D eigenvalue weighted by atomic mass is 10.3. The van der Waals surface area contributed by atoms with E-state index in [-0.39, 0.29) is 0 Å². The zero-order chi connectivity index (χ0) is 12.2. The predicted molar refractivity (Wildman–Crippen MR) is 66.1 cm³/mol. The molecule has 0 N–H and O–H groups in total. The van der Waals surface area contributed by atoms with Crippen molar-refractivity contribution in [2.45, 2.75) is 27.2 Å². The lowest BCUT2D eigenvalue weighted by Crippen LogP contribution is -2.01. The van der Waals surface area contributed by atoms with Crippen LogP contribution in [0.4, 0.5) is 0 Å². The molecule has 3 aromatic heterocycles. The van der Waals surface area contributed by atoms with Crippen LogP contribution in [0.25, 0.3) is 16.7 Å². The second-order valence-corrected chi connectivity index (χ2v) is 4.36. The van der Waals surface area contributed by atoms with Crippen molar-refractivity contribution in [3.05, 3.63) is 23.4 Å². The van der Waals surface area contributed by atoms with Crippen LogP contribution in [0.1, 0.15) is 24.1 Å². The molecule has 0 aliphatic carbocycles. The van der Waals surface area contributed by atoms with Gasteiger partial charge in [0.1, 0.15) is 16.9 Å². The van der Waals surface area contributed by atoms with Crippen LogP contribution < -0.4 is 0 Å². The summed E-state index contributed by atoms with van der Waals surface area (Å²) in [7, 11) is 1.94. The summed E-state index contributed by atoms with van der Waals surface area (Å²) in [6.07, 6.45) is 2.92. The molecule has 0 spiro atoms. The molecule has 5 heteroatoms. The summed E-state index contributed by atoms with van der Waals surface area (Å²) >= 11 is 0. The van der Waals surface area contributed by atoms with Crippen molar-refractivity contribution in [1.82, 2.24) is 24.1 Å². The van der Waals surface area contributed by atoms with E-state index in [9.17, 15) is 0 Å². The molecule has 5 nitrogen and oxygen atoms in total. The van der Waals surface area contributed by atoms with E-state index in [1.807, 2.05) is 31.8 Å². The van der Waals surface area contributed by atoms with E-state index in [1.54, 1.807) is 0 Å². The third-order valence-electron chi connectivity index (χ3n) is 3.06. The summed E-state index contributed by atoms with van der Waals surface area (Å²) in [5.74, 6) is 1.03. The van der Waals surface area contributed by atoms with Crippen molar-refractivity contribution in [2.24, 2.45) is 7.05 Å². The predicted octanol–water partition coefficient (Wildman–Crippen LogP) is 1.80. The van der Waals surface area contributed by atoms with Crippen LogP contribution >= 0.6 is 0 Å². The van der Waals surface area contributed by atoms with Gasteiger partial charge in [0.05, 0.1) is 11.4 Å². The van der Waals surface area contributed by atoms with E-state index >= 15 is 0 Å². The van der Waals surface area contributed by atoms with Gasteiger partial charge >= 0.3 is 0 Å². The van der Waals surface area contributed by atoms with Crippen LogP contribution in [0.3, 0.4) is 0 Å². The number of imidazole rings is 1.